The van der Waals surface area contributed by atoms with E-state index < -0.39 is 18.3 Å². The van der Waals surface area contributed by atoms with Gasteiger partial charge in [0.15, 0.2) is 0 Å². The van der Waals surface area contributed by atoms with E-state index in [1.807, 2.05) is 6.07 Å². The van der Waals surface area contributed by atoms with E-state index in [9.17, 15) is 13.2 Å². The molecule has 2 atom stereocenters. The summed E-state index contributed by atoms with van der Waals surface area (Å²) in [5.74, 6) is -0.0244. The number of benzene rings is 1. The zero-order chi connectivity index (χ0) is 13.1. The summed E-state index contributed by atoms with van der Waals surface area (Å²) >= 11 is 0. The second-order valence-corrected chi connectivity index (χ2v) is 3.58. The van der Waals surface area contributed by atoms with Crippen molar-refractivity contribution in [1.29, 1.82) is 5.26 Å². The second kappa shape index (κ2) is 5.06. The third-order valence-electron chi connectivity index (χ3n) is 2.03. The van der Waals surface area contributed by atoms with Crippen LogP contribution in [-0.4, -0.2) is 18.3 Å². The molecule has 6 heteroatoms. The molecule has 1 rings (SSSR count). The van der Waals surface area contributed by atoms with E-state index in [-0.39, 0.29) is 11.3 Å². The molecule has 1 aromatic rings. The largest absolute Gasteiger partial charge is 0.479 e. The average Bonchev–Trinajstić information content (AvgIpc) is 2.24. The van der Waals surface area contributed by atoms with Crippen molar-refractivity contribution < 1.29 is 17.9 Å². The zero-order valence-corrected chi connectivity index (χ0v) is 9.03. The summed E-state index contributed by atoms with van der Waals surface area (Å²) in [4.78, 5) is 0. The van der Waals surface area contributed by atoms with E-state index in [0.717, 1.165) is 0 Å². The van der Waals surface area contributed by atoms with E-state index in [1.54, 1.807) is 0 Å². The maximum atomic E-state index is 12.6. The van der Waals surface area contributed by atoms with Crippen LogP contribution in [0.2, 0.25) is 0 Å². The molecule has 0 fully saturated rings. The molecule has 1 aromatic carbocycles. The van der Waals surface area contributed by atoms with Crippen LogP contribution in [0.4, 0.5) is 13.2 Å². The number of rotatable bonds is 3. The van der Waals surface area contributed by atoms with Crippen LogP contribution in [0.15, 0.2) is 24.3 Å². The van der Waals surface area contributed by atoms with Crippen molar-refractivity contribution in [2.75, 3.05) is 0 Å². The minimum Gasteiger partial charge on any atom is -0.479 e. The van der Waals surface area contributed by atoms with Crippen molar-refractivity contribution in [3.05, 3.63) is 29.8 Å². The van der Waals surface area contributed by atoms with Crippen molar-refractivity contribution in [1.82, 2.24) is 0 Å². The van der Waals surface area contributed by atoms with Crippen molar-refractivity contribution >= 4 is 0 Å². The van der Waals surface area contributed by atoms with E-state index in [1.165, 1.54) is 31.2 Å². The Hall–Kier alpha value is -1.74. The summed E-state index contributed by atoms with van der Waals surface area (Å²) in [5, 5.41) is 8.61. The van der Waals surface area contributed by atoms with E-state index in [4.69, 9.17) is 15.7 Å². The van der Waals surface area contributed by atoms with Crippen LogP contribution in [0.3, 0.4) is 0 Å². The Balaban J connectivity index is 2.91. The molecule has 3 nitrogen and oxygen atoms in total. The van der Waals surface area contributed by atoms with Gasteiger partial charge in [0, 0.05) is 6.04 Å². The SMILES string of the molecule is CC(N)C(Oc1cccc(C#N)c1)C(F)(F)F. The lowest BCUT2D eigenvalue weighted by Gasteiger charge is -2.24. The maximum absolute atomic E-state index is 12.6. The van der Waals surface area contributed by atoms with Gasteiger partial charge in [0.2, 0.25) is 6.10 Å². The summed E-state index contributed by atoms with van der Waals surface area (Å²) in [6.45, 7) is 1.21. The molecule has 0 aliphatic carbocycles. The lowest BCUT2D eigenvalue weighted by Crippen LogP contribution is -2.47. The van der Waals surface area contributed by atoms with Crippen LogP contribution in [0.1, 0.15) is 12.5 Å². The first kappa shape index (κ1) is 13.3. The highest BCUT2D eigenvalue weighted by Gasteiger charge is 2.44. The van der Waals surface area contributed by atoms with Gasteiger partial charge in [0.25, 0.3) is 0 Å². The molecule has 2 N–H and O–H groups in total. The first-order valence-electron chi connectivity index (χ1n) is 4.83. The monoisotopic (exact) mass is 244 g/mol. The van der Waals surface area contributed by atoms with Crippen molar-refractivity contribution in [3.63, 3.8) is 0 Å². The molecule has 0 saturated heterocycles. The smallest absolute Gasteiger partial charge is 0.426 e. The maximum Gasteiger partial charge on any atom is 0.426 e. The van der Waals surface area contributed by atoms with Crippen LogP contribution in [0.5, 0.6) is 5.75 Å². The van der Waals surface area contributed by atoms with Crippen molar-refractivity contribution in [2.45, 2.75) is 25.2 Å². The lowest BCUT2D eigenvalue weighted by molar-refractivity contribution is -0.199. The van der Waals surface area contributed by atoms with Gasteiger partial charge in [-0.2, -0.15) is 18.4 Å². The Morgan fingerprint density at radius 3 is 2.53 bits per heavy atom. The van der Waals surface area contributed by atoms with Crippen LogP contribution in [0, 0.1) is 11.3 Å². The van der Waals surface area contributed by atoms with Gasteiger partial charge in [-0.05, 0) is 25.1 Å². The molecule has 92 valence electrons. The summed E-state index contributed by atoms with van der Waals surface area (Å²) in [6.07, 6.45) is -6.63. The number of nitrogens with zero attached hydrogens (tertiary/aromatic N) is 1. The molecule has 0 spiro atoms. The zero-order valence-electron chi connectivity index (χ0n) is 9.03. The highest BCUT2D eigenvalue weighted by Crippen LogP contribution is 2.27. The van der Waals surface area contributed by atoms with E-state index in [0.29, 0.717) is 0 Å². The first-order chi connectivity index (χ1) is 7.84. The Labute approximate surface area is 96.6 Å². The number of halogens is 3. The minimum atomic E-state index is -4.54. The van der Waals surface area contributed by atoms with Gasteiger partial charge in [0.1, 0.15) is 5.75 Å². The fourth-order valence-electron chi connectivity index (χ4n) is 1.26. The van der Waals surface area contributed by atoms with Gasteiger partial charge >= 0.3 is 6.18 Å². The Bertz CT molecular complexity index is 423. The van der Waals surface area contributed by atoms with Crippen molar-refractivity contribution in [2.24, 2.45) is 5.73 Å². The van der Waals surface area contributed by atoms with E-state index in [2.05, 4.69) is 0 Å². The number of alkyl halides is 3. The lowest BCUT2D eigenvalue weighted by atomic mass is 10.2. The van der Waals surface area contributed by atoms with Crippen LogP contribution >= 0.6 is 0 Å². The summed E-state index contributed by atoms with van der Waals surface area (Å²) in [7, 11) is 0. The van der Waals surface area contributed by atoms with Crippen molar-refractivity contribution in [3.8, 4) is 11.8 Å². The van der Waals surface area contributed by atoms with E-state index >= 15 is 0 Å². The van der Waals surface area contributed by atoms with Gasteiger partial charge in [-0.25, -0.2) is 0 Å². The van der Waals surface area contributed by atoms with Gasteiger partial charge < -0.3 is 10.5 Å². The van der Waals surface area contributed by atoms with Gasteiger partial charge in [-0.15, -0.1) is 0 Å². The summed E-state index contributed by atoms with van der Waals surface area (Å²) < 4.78 is 42.5. The van der Waals surface area contributed by atoms with Crippen LogP contribution < -0.4 is 10.5 Å². The highest BCUT2D eigenvalue weighted by molar-refractivity contribution is 5.36. The molecule has 0 amide bonds. The number of ether oxygens (including phenoxy) is 1. The Morgan fingerprint density at radius 1 is 1.41 bits per heavy atom. The predicted molar refractivity (Wildman–Crippen MR) is 55.3 cm³/mol. The number of hydrogen-bond donors (Lipinski definition) is 1. The molecule has 0 aliphatic rings. The summed E-state index contributed by atoms with van der Waals surface area (Å²) in [5.41, 5.74) is 5.46. The topological polar surface area (TPSA) is 59.0 Å². The standard InChI is InChI=1S/C11H11F3N2O/c1-7(16)10(11(12,13)14)17-9-4-2-3-8(5-9)6-15/h2-5,7,10H,16H2,1H3. The third kappa shape index (κ3) is 3.64. The number of nitrogens with two attached hydrogens (primary N) is 1. The minimum absolute atomic E-state index is 0.0244. The number of hydrogen-bond acceptors (Lipinski definition) is 3. The van der Waals surface area contributed by atoms with Crippen LogP contribution in [0.25, 0.3) is 0 Å². The molecule has 2 unspecified atom stereocenters. The fraction of sp³-hybridized carbons (Fsp3) is 0.364. The molecule has 0 bridgehead atoms. The quantitative estimate of drug-likeness (QED) is 0.886. The summed E-state index contributed by atoms with van der Waals surface area (Å²) in [6, 6.07) is 6.13. The van der Waals surface area contributed by atoms with Gasteiger partial charge in [-0.1, -0.05) is 6.07 Å². The molecule has 17 heavy (non-hydrogen) atoms. The highest BCUT2D eigenvalue weighted by atomic mass is 19.4. The molecular formula is C11H11F3N2O. The average molecular weight is 244 g/mol. The number of nitriles is 1. The third-order valence-corrected chi connectivity index (χ3v) is 2.03. The normalized spacial score (nSPS) is 14.8. The molecule has 0 saturated carbocycles. The molecule has 0 aromatic heterocycles. The predicted octanol–water partition coefficient (Wildman–Crippen LogP) is 2.22. The fourth-order valence-corrected chi connectivity index (χ4v) is 1.26. The first-order valence-corrected chi connectivity index (χ1v) is 4.83. The van der Waals surface area contributed by atoms with Crippen LogP contribution in [-0.2, 0) is 0 Å². The van der Waals surface area contributed by atoms with Gasteiger partial charge in [-0.3, -0.25) is 0 Å². The molecule has 0 heterocycles. The Morgan fingerprint density at radius 2 is 2.06 bits per heavy atom. The Kier molecular flexibility index (Phi) is 3.97. The second-order valence-electron chi connectivity index (χ2n) is 3.58. The van der Waals surface area contributed by atoms with Gasteiger partial charge in [0.05, 0.1) is 11.6 Å². The molecular weight excluding hydrogens is 233 g/mol. The molecule has 0 aliphatic heterocycles. The molecule has 0 radical (unpaired) electrons.